The molecule has 0 spiro atoms. The maximum absolute atomic E-state index is 5.85. The van der Waals surface area contributed by atoms with Gasteiger partial charge < -0.3 is 25.0 Å². The summed E-state index contributed by atoms with van der Waals surface area (Å²) in [6.07, 6.45) is 2.81. The molecule has 0 radical (unpaired) electrons. The van der Waals surface area contributed by atoms with E-state index < -0.39 is 0 Å². The van der Waals surface area contributed by atoms with Crippen molar-refractivity contribution in [3.05, 3.63) is 84.1 Å². The van der Waals surface area contributed by atoms with Crippen LogP contribution in [0, 0.1) is 0 Å². The molecule has 34 heavy (non-hydrogen) atoms. The van der Waals surface area contributed by atoms with Crippen molar-refractivity contribution in [2.45, 2.75) is 25.6 Å². The molecule has 1 aliphatic heterocycles. The fourth-order valence-corrected chi connectivity index (χ4v) is 3.93. The summed E-state index contributed by atoms with van der Waals surface area (Å²) >= 11 is 0. The van der Waals surface area contributed by atoms with Crippen LogP contribution < -0.4 is 25.0 Å². The molecule has 2 N–H and O–H groups in total. The third kappa shape index (κ3) is 6.99. The number of guanidine groups is 1. The van der Waals surface area contributed by atoms with Gasteiger partial charge in [-0.05, 0) is 35.7 Å². The highest BCUT2D eigenvalue weighted by atomic mass is 127. The number of para-hydroxylation sites is 2. The van der Waals surface area contributed by atoms with Crippen LogP contribution in [0.3, 0.4) is 0 Å². The number of pyridine rings is 1. The molecule has 2 aromatic carbocycles. The number of nitrogens with zero attached hydrogens (tertiary/aromatic N) is 3. The summed E-state index contributed by atoms with van der Waals surface area (Å²) in [7, 11) is 3.51. The Kier molecular flexibility index (Phi) is 9.81. The summed E-state index contributed by atoms with van der Waals surface area (Å²) in [5, 5.41) is 6.95. The van der Waals surface area contributed by atoms with E-state index in [0.29, 0.717) is 25.1 Å². The molecular formula is C26H32IN5O2. The number of aromatic nitrogens is 1. The second-order valence-electron chi connectivity index (χ2n) is 7.95. The van der Waals surface area contributed by atoms with Gasteiger partial charge in [0.25, 0.3) is 0 Å². The van der Waals surface area contributed by atoms with E-state index >= 15 is 0 Å². The lowest BCUT2D eigenvalue weighted by molar-refractivity contribution is 0.293. The van der Waals surface area contributed by atoms with Crippen molar-refractivity contribution >= 4 is 35.6 Å². The Hall–Kier alpha value is -3.01. The second kappa shape index (κ2) is 13.0. The van der Waals surface area contributed by atoms with Gasteiger partial charge in [0.1, 0.15) is 12.4 Å². The van der Waals surface area contributed by atoms with Crippen molar-refractivity contribution in [3.63, 3.8) is 0 Å². The zero-order valence-corrected chi connectivity index (χ0v) is 21.9. The molecule has 1 atom stereocenters. The maximum atomic E-state index is 5.85. The summed E-state index contributed by atoms with van der Waals surface area (Å²) in [6.45, 7) is 3.00. The maximum Gasteiger partial charge on any atom is 0.213 e. The smallest absolute Gasteiger partial charge is 0.213 e. The molecule has 7 nitrogen and oxygen atoms in total. The van der Waals surface area contributed by atoms with Crippen LogP contribution >= 0.6 is 24.0 Å². The molecule has 1 saturated heterocycles. The quantitative estimate of drug-likeness (QED) is 0.239. The minimum Gasteiger partial charge on any atom is -0.495 e. The van der Waals surface area contributed by atoms with Crippen LogP contribution in [0.5, 0.6) is 11.6 Å². The van der Waals surface area contributed by atoms with Crippen LogP contribution in [-0.4, -0.2) is 44.2 Å². The van der Waals surface area contributed by atoms with Crippen molar-refractivity contribution in [2.75, 3.05) is 32.1 Å². The third-order valence-electron chi connectivity index (χ3n) is 5.67. The molecule has 4 rings (SSSR count). The number of aliphatic imine (C=N–C) groups is 1. The monoisotopic (exact) mass is 573 g/mol. The van der Waals surface area contributed by atoms with Crippen molar-refractivity contribution in [3.8, 4) is 11.6 Å². The molecular weight excluding hydrogens is 541 g/mol. The first kappa shape index (κ1) is 25.6. The third-order valence-corrected chi connectivity index (χ3v) is 5.67. The van der Waals surface area contributed by atoms with Crippen LogP contribution in [-0.2, 0) is 13.2 Å². The van der Waals surface area contributed by atoms with Crippen molar-refractivity contribution < 1.29 is 9.47 Å². The SMILES string of the molecule is CN=C(NCc1ccnc(OCc2ccccc2)c1)NC1CCN(c2ccccc2OC)C1.I. The molecule has 1 fully saturated rings. The lowest BCUT2D eigenvalue weighted by Gasteiger charge is -2.22. The molecule has 2 heterocycles. The topological polar surface area (TPSA) is 71.0 Å². The number of benzene rings is 2. The van der Waals surface area contributed by atoms with Gasteiger partial charge in [-0.3, -0.25) is 4.99 Å². The average Bonchev–Trinajstić information content (AvgIpc) is 3.34. The van der Waals surface area contributed by atoms with E-state index in [2.05, 4.69) is 31.6 Å². The first-order valence-electron chi connectivity index (χ1n) is 11.2. The summed E-state index contributed by atoms with van der Waals surface area (Å²) < 4.78 is 11.4. The summed E-state index contributed by atoms with van der Waals surface area (Å²) in [5.41, 5.74) is 3.33. The number of halogens is 1. The molecule has 0 saturated carbocycles. The highest BCUT2D eigenvalue weighted by Gasteiger charge is 2.25. The van der Waals surface area contributed by atoms with Crippen LogP contribution in [0.25, 0.3) is 0 Å². The van der Waals surface area contributed by atoms with E-state index in [1.54, 1.807) is 20.4 Å². The fraction of sp³-hybridized carbons (Fsp3) is 0.308. The van der Waals surface area contributed by atoms with E-state index in [1.807, 2.05) is 60.7 Å². The van der Waals surface area contributed by atoms with E-state index in [1.165, 1.54) is 0 Å². The number of nitrogens with one attached hydrogen (secondary N) is 2. The Bertz CT molecular complexity index is 1060. The summed E-state index contributed by atoms with van der Waals surface area (Å²) in [5.74, 6) is 2.30. The predicted octanol–water partition coefficient (Wildman–Crippen LogP) is 4.23. The van der Waals surface area contributed by atoms with Gasteiger partial charge in [-0.2, -0.15) is 0 Å². The molecule has 3 aromatic rings. The zero-order chi connectivity index (χ0) is 22.9. The van der Waals surface area contributed by atoms with Crippen LogP contribution in [0.1, 0.15) is 17.5 Å². The molecule has 1 unspecified atom stereocenters. The standard InChI is InChI=1S/C26H31N5O2.HI/c1-27-26(30-22-13-15-31(18-22)23-10-6-7-11-24(23)32-2)29-17-21-12-14-28-25(16-21)33-19-20-8-4-3-5-9-20;/h3-12,14,16,22H,13,15,17-19H2,1-2H3,(H2,27,29,30);1H. The Morgan fingerprint density at radius 2 is 1.88 bits per heavy atom. The fourth-order valence-electron chi connectivity index (χ4n) is 3.93. The van der Waals surface area contributed by atoms with E-state index in [-0.39, 0.29) is 24.0 Å². The van der Waals surface area contributed by atoms with Gasteiger partial charge in [-0.15, -0.1) is 24.0 Å². The summed E-state index contributed by atoms with van der Waals surface area (Å²) in [6, 6.07) is 22.5. The number of anilines is 1. The Morgan fingerprint density at radius 1 is 1.09 bits per heavy atom. The molecule has 0 aliphatic carbocycles. The molecule has 180 valence electrons. The van der Waals surface area contributed by atoms with E-state index in [0.717, 1.165) is 48.0 Å². The normalized spacial score (nSPS) is 15.4. The minimum atomic E-state index is 0. The van der Waals surface area contributed by atoms with Crippen molar-refractivity contribution in [1.29, 1.82) is 0 Å². The largest absolute Gasteiger partial charge is 0.495 e. The van der Waals surface area contributed by atoms with Crippen molar-refractivity contribution in [2.24, 2.45) is 4.99 Å². The number of methoxy groups -OCH3 is 1. The molecule has 1 aliphatic rings. The van der Waals surface area contributed by atoms with Crippen LogP contribution in [0.2, 0.25) is 0 Å². The predicted molar refractivity (Wildman–Crippen MR) is 147 cm³/mol. The van der Waals surface area contributed by atoms with Gasteiger partial charge in [0, 0.05) is 45.0 Å². The zero-order valence-electron chi connectivity index (χ0n) is 19.6. The first-order valence-corrected chi connectivity index (χ1v) is 11.2. The Labute approximate surface area is 218 Å². The van der Waals surface area contributed by atoms with Gasteiger partial charge in [0.15, 0.2) is 5.96 Å². The molecule has 0 amide bonds. The van der Waals surface area contributed by atoms with Gasteiger partial charge in [0.2, 0.25) is 5.88 Å². The number of hydrogen-bond donors (Lipinski definition) is 2. The van der Waals surface area contributed by atoms with Gasteiger partial charge in [-0.1, -0.05) is 42.5 Å². The van der Waals surface area contributed by atoms with Gasteiger partial charge in [-0.25, -0.2) is 4.98 Å². The van der Waals surface area contributed by atoms with Crippen LogP contribution in [0.15, 0.2) is 77.9 Å². The van der Waals surface area contributed by atoms with E-state index in [9.17, 15) is 0 Å². The first-order chi connectivity index (χ1) is 16.2. The lowest BCUT2D eigenvalue weighted by atomic mass is 10.2. The number of ether oxygens (including phenoxy) is 2. The average molecular weight is 573 g/mol. The lowest BCUT2D eigenvalue weighted by Crippen LogP contribution is -2.44. The molecule has 0 bridgehead atoms. The number of hydrogen-bond acceptors (Lipinski definition) is 5. The van der Waals surface area contributed by atoms with Gasteiger partial charge in [0.05, 0.1) is 12.8 Å². The highest BCUT2D eigenvalue weighted by Crippen LogP contribution is 2.30. The molecule has 1 aromatic heterocycles. The van der Waals surface area contributed by atoms with Gasteiger partial charge >= 0.3 is 0 Å². The Balaban J connectivity index is 0.00000324. The molecule has 8 heteroatoms. The van der Waals surface area contributed by atoms with E-state index in [4.69, 9.17) is 9.47 Å². The highest BCUT2D eigenvalue weighted by molar-refractivity contribution is 14.0. The Morgan fingerprint density at radius 3 is 2.68 bits per heavy atom. The number of rotatable bonds is 8. The second-order valence-corrected chi connectivity index (χ2v) is 7.95. The minimum absolute atomic E-state index is 0. The van der Waals surface area contributed by atoms with Crippen LogP contribution in [0.4, 0.5) is 5.69 Å². The summed E-state index contributed by atoms with van der Waals surface area (Å²) in [4.78, 5) is 11.1. The van der Waals surface area contributed by atoms with Crippen molar-refractivity contribution in [1.82, 2.24) is 15.6 Å².